The average molecular weight is 427 g/mol. The summed E-state index contributed by atoms with van der Waals surface area (Å²) >= 11 is 0.847. The largest absolute Gasteiger partial charge is 0.462 e. The molecule has 9 nitrogen and oxygen atoms in total. The van der Waals surface area contributed by atoms with Crippen molar-refractivity contribution in [1.29, 1.82) is 5.26 Å². The molecular weight excluding hydrogens is 410 g/mol. The number of hydrogen-bond donors (Lipinski definition) is 2. The van der Waals surface area contributed by atoms with E-state index in [0.717, 1.165) is 11.3 Å². The Morgan fingerprint density at radius 3 is 2.73 bits per heavy atom. The van der Waals surface area contributed by atoms with Gasteiger partial charge in [-0.2, -0.15) is 5.26 Å². The minimum Gasteiger partial charge on any atom is -0.462 e. The number of esters is 1. The van der Waals surface area contributed by atoms with Crippen LogP contribution in [0, 0.1) is 18.3 Å². The van der Waals surface area contributed by atoms with Crippen molar-refractivity contribution in [3.05, 3.63) is 45.3 Å². The van der Waals surface area contributed by atoms with Crippen molar-refractivity contribution in [3.8, 4) is 17.6 Å². The van der Waals surface area contributed by atoms with Gasteiger partial charge in [-0.25, -0.2) is 4.79 Å². The first-order valence-corrected chi connectivity index (χ1v) is 9.60. The first-order valence-electron chi connectivity index (χ1n) is 8.78. The molecule has 3 N–H and O–H groups in total. The summed E-state index contributed by atoms with van der Waals surface area (Å²) in [6.07, 6.45) is 1.37. The van der Waals surface area contributed by atoms with Crippen LogP contribution in [0.25, 0.3) is 6.08 Å². The van der Waals surface area contributed by atoms with E-state index in [-0.39, 0.29) is 34.4 Å². The molecule has 2 aromatic rings. The number of amides is 2. The van der Waals surface area contributed by atoms with Crippen LogP contribution in [0.5, 0.6) is 11.5 Å². The van der Waals surface area contributed by atoms with Crippen LogP contribution in [-0.2, 0) is 9.53 Å². The van der Waals surface area contributed by atoms with E-state index in [2.05, 4.69) is 5.32 Å². The second kappa shape index (κ2) is 8.67. The summed E-state index contributed by atoms with van der Waals surface area (Å²) in [6.45, 7) is 3.38. The van der Waals surface area contributed by atoms with Gasteiger partial charge in [0, 0.05) is 0 Å². The molecule has 0 fully saturated rings. The number of nitrogens with two attached hydrogens (primary N) is 1. The number of rotatable bonds is 6. The first-order chi connectivity index (χ1) is 14.3. The number of carbonyl (C=O) groups excluding carboxylic acids is 3. The van der Waals surface area contributed by atoms with Gasteiger partial charge in [-0.05, 0) is 43.2 Å². The maximum atomic E-state index is 12.7. The quantitative estimate of drug-likeness (QED) is 0.410. The molecule has 1 aliphatic rings. The topological polar surface area (TPSA) is 141 Å². The van der Waals surface area contributed by atoms with Gasteiger partial charge in [-0.15, -0.1) is 11.3 Å². The third-order valence-corrected chi connectivity index (χ3v) is 5.37. The van der Waals surface area contributed by atoms with Crippen molar-refractivity contribution >= 4 is 40.2 Å². The van der Waals surface area contributed by atoms with E-state index in [0.29, 0.717) is 22.6 Å². The highest BCUT2D eigenvalue weighted by molar-refractivity contribution is 7.18. The second-order valence-electron chi connectivity index (χ2n) is 6.08. The average Bonchev–Trinajstić information content (AvgIpc) is 3.29. The number of fused-ring (bicyclic) bond motifs is 1. The lowest BCUT2D eigenvalue weighted by Gasteiger charge is -2.07. The molecule has 10 heteroatoms. The molecule has 2 heterocycles. The van der Waals surface area contributed by atoms with Crippen LogP contribution in [0.2, 0.25) is 0 Å². The van der Waals surface area contributed by atoms with Gasteiger partial charge >= 0.3 is 5.97 Å². The molecule has 0 aliphatic carbocycles. The number of nitriles is 1. The molecule has 0 saturated heterocycles. The Bertz CT molecular complexity index is 1110. The number of primary amides is 1. The Labute approximate surface area is 175 Å². The third-order valence-electron chi connectivity index (χ3n) is 4.15. The molecular formula is C20H17N3O6S. The number of anilines is 1. The molecule has 154 valence electrons. The number of nitrogens with zero attached hydrogens (tertiary/aromatic N) is 1. The number of nitrogens with one attached hydrogen (secondary N) is 1. The molecule has 0 atom stereocenters. The zero-order valence-corrected chi connectivity index (χ0v) is 16.9. The number of hydrogen-bond acceptors (Lipinski definition) is 8. The third kappa shape index (κ3) is 4.11. The Balaban J connectivity index is 1.92. The van der Waals surface area contributed by atoms with Crippen molar-refractivity contribution in [2.45, 2.75) is 13.8 Å². The monoisotopic (exact) mass is 427 g/mol. The predicted octanol–water partition coefficient (Wildman–Crippen LogP) is 2.61. The Morgan fingerprint density at radius 2 is 2.07 bits per heavy atom. The van der Waals surface area contributed by atoms with Crippen LogP contribution in [0.1, 0.15) is 38.1 Å². The van der Waals surface area contributed by atoms with E-state index < -0.39 is 17.8 Å². The zero-order chi connectivity index (χ0) is 21.8. The number of ether oxygens (including phenoxy) is 3. The standard InChI is InChI=1S/C20H17N3O6S/c1-3-27-20(26)15-10(2)16(17(22)24)30-19(15)23-18(25)12(8-21)6-11-4-5-13-14(7-11)29-9-28-13/h4-7H,3,9H2,1-2H3,(H2,22,24)(H,23,25)/b12-6+. The summed E-state index contributed by atoms with van der Waals surface area (Å²) in [7, 11) is 0. The Hall–Kier alpha value is -3.84. The number of thiophene rings is 1. The van der Waals surface area contributed by atoms with Crippen molar-refractivity contribution in [3.63, 3.8) is 0 Å². The fourth-order valence-electron chi connectivity index (χ4n) is 2.77. The summed E-state index contributed by atoms with van der Waals surface area (Å²) < 4.78 is 15.5. The molecule has 1 aliphatic heterocycles. The van der Waals surface area contributed by atoms with Gasteiger partial charge in [-0.3, -0.25) is 9.59 Å². The summed E-state index contributed by atoms with van der Waals surface area (Å²) in [5.41, 5.74) is 6.03. The van der Waals surface area contributed by atoms with Gasteiger partial charge in [0.2, 0.25) is 6.79 Å². The van der Waals surface area contributed by atoms with Crippen molar-refractivity contribution in [2.24, 2.45) is 5.73 Å². The van der Waals surface area contributed by atoms with E-state index in [9.17, 15) is 19.6 Å². The molecule has 0 unspecified atom stereocenters. The van der Waals surface area contributed by atoms with Crippen LogP contribution >= 0.6 is 11.3 Å². The maximum absolute atomic E-state index is 12.7. The highest BCUT2D eigenvalue weighted by Crippen LogP contribution is 2.35. The first kappa shape index (κ1) is 20.9. The maximum Gasteiger partial charge on any atom is 0.341 e. The minimum absolute atomic E-state index is 0.0318. The SMILES string of the molecule is CCOC(=O)c1c(NC(=O)/C(C#N)=C/c2ccc3c(c2)OCO3)sc(C(N)=O)c1C. The van der Waals surface area contributed by atoms with Crippen LogP contribution in [0.4, 0.5) is 5.00 Å². The Kier molecular flexibility index (Phi) is 6.03. The molecule has 1 aromatic heterocycles. The van der Waals surface area contributed by atoms with Crippen molar-refractivity contribution in [2.75, 3.05) is 18.7 Å². The lowest BCUT2D eigenvalue weighted by Crippen LogP contribution is -2.16. The van der Waals surface area contributed by atoms with Gasteiger partial charge in [-0.1, -0.05) is 6.07 Å². The number of benzene rings is 1. The Morgan fingerprint density at radius 1 is 1.33 bits per heavy atom. The summed E-state index contributed by atoms with van der Waals surface area (Å²) in [4.78, 5) is 36.8. The van der Waals surface area contributed by atoms with E-state index in [4.69, 9.17) is 19.9 Å². The molecule has 3 rings (SSSR count). The van der Waals surface area contributed by atoms with Gasteiger partial charge < -0.3 is 25.3 Å². The van der Waals surface area contributed by atoms with Crippen LogP contribution in [-0.4, -0.2) is 31.2 Å². The molecule has 0 spiro atoms. The fourth-order valence-corrected chi connectivity index (χ4v) is 3.82. The molecule has 0 saturated carbocycles. The molecule has 0 radical (unpaired) electrons. The van der Waals surface area contributed by atoms with Crippen molar-refractivity contribution in [1.82, 2.24) is 0 Å². The fraction of sp³-hybridized carbons (Fsp3) is 0.200. The van der Waals surface area contributed by atoms with E-state index >= 15 is 0 Å². The second-order valence-corrected chi connectivity index (χ2v) is 7.10. The van der Waals surface area contributed by atoms with Gasteiger partial charge in [0.15, 0.2) is 11.5 Å². The minimum atomic E-state index is -0.752. The zero-order valence-electron chi connectivity index (χ0n) is 16.1. The van der Waals surface area contributed by atoms with Crippen LogP contribution in [0.15, 0.2) is 23.8 Å². The van der Waals surface area contributed by atoms with Gasteiger partial charge in [0.25, 0.3) is 11.8 Å². The molecule has 0 bridgehead atoms. The highest BCUT2D eigenvalue weighted by Gasteiger charge is 2.26. The summed E-state index contributed by atoms with van der Waals surface area (Å²) in [6, 6.07) is 6.80. The highest BCUT2D eigenvalue weighted by atomic mass is 32.1. The molecule has 1 aromatic carbocycles. The smallest absolute Gasteiger partial charge is 0.341 e. The van der Waals surface area contributed by atoms with E-state index in [1.807, 2.05) is 6.07 Å². The van der Waals surface area contributed by atoms with Crippen LogP contribution in [0.3, 0.4) is 0 Å². The lowest BCUT2D eigenvalue weighted by atomic mass is 10.1. The van der Waals surface area contributed by atoms with Gasteiger partial charge in [0.05, 0.1) is 17.0 Å². The van der Waals surface area contributed by atoms with Gasteiger partial charge in [0.1, 0.15) is 16.6 Å². The lowest BCUT2D eigenvalue weighted by molar-refractivity contribution is -0.112. The van der Waals surface area contributed by atoms with E-state index in [1.54, 1.807) is 25.1 Å². The molecule has 2 amide bonds. The molecule has 30 heavy (non-hydrogen) atoms. The number of carbonyl (C=O) groups is 3. The normalized spacial score (nSPS) is 12.2. The van der Waals surface area contributed by atoms with E-state index in [1.165, 1.54) is 13.0 Å². The summed E-state index contributed by atoms with van der Waals surface area (Å²) in [5, 5.41) is 12.0. The summed E-state index contributed by atoms with van der Waals surface area (Å²) in [5.74, 6) is -1.11. The van der Waals surface area contributed by atoms with Crippen molar-refractivity contribution < 1.29 is 28.6 Å². The predicted molar refractivity (Wildman–Crippen MR) is 108 cm³/mol. The van der Waals surface area contributed by atoms with Crippen LogP contribution < -0.4 is 20.5 Å².